The van der Waals surface area contributed by atoms with Gasteiger partial charge in [-0.3, -0.25) is 4.79 Å². The highest BCUT2D eigenvalue weighted by atomic mass is 16.1. The maximum absolute atomic E-state index is 12.3. The summed E-state index contributed by atoms with van der Waals surface area (Å²) in [4.78, 5) is 12.3. The van der Waals surface area contributed by atoms with Gasteiger partial charge in [0, 0.05) is 16.7 Å². The fourth-order valence-corrected chi connectivity index (χ4v) is 2.43. The molecule has 0 N–H and O–H groups in total. The Morgan fingerprint density at radius 3 is 2.14 bits per heavy atom. The molecule has 0 amide bonds. The first-order valence-electron chi connectivity index (χ1n) is 7.13. The smallest absolute Gasteiger partial charge is 0.193 e. The van der Waals surface area contributed by atoms with Crippen LogP contribution in [0.15, 0.2) is 67.3 Å². The average molecular weight is 280 g/mol. The molecule has 0 unspecified atom stereocenters. The monoisotopic (exact) mass is 280 g/mol. The van der Waals surface area contributed by atoms with Gasteiger partial charge in [0.2, 0.25) is 0 Å². The predicted octanol–water partition coefficient (Wildman–Crippen LogP) is 3.68. The summed E-state index contributed by atoms with van der Waals surface area (Å²) in [5.41, 5.74) is 2.69. The second-order valence-corrected chi connectivity index (χ2v) is 5.96. The molecule has 0 radical (unpaired) electrons. The number of quaternary nitrogens is 1. The molecule has 0 spiro atoms. The summed E-state index contributed by atoms with van der Waals surface area (Å²) in [6.07, 6.45) is 1.94. The van der Waals surface area contributed by atoms with E-state index in [0.29, 0.717) is 0 Å². The first-order chi connectivity index (χ1) is 10.0. The number of nitrogens with zero attached hydrogens (tertiary/aromatic N) is 1. The quantitative estimate of drug-likeness (QED) is 0.448. The van der Waals surface area contributed by atoms with Gasteiger partial charge in [-0.1, -0.05) is 61.2 Å². The molecule has 2 nitrogen and oxygen atoms in total. The molecule has 2 aromatic rings. The molecule has 2 aromatic carbocycles. The number of rotatable bonds is 6. The molecule has 108 valence electrons. The Morgan fingerprint density at radius 1 is 1.00 bits per heavy atom. The lowest BCUT2D eigenvalue weighted by atomic mass is 10.0. The van der Waals surface area contributed by atoms with Crippen molar-refractivity contribution in [1.82, 2.24) is 0 Å². The molecule has 0 aromatic heterocycles. The third-order valence-corrected chi connectivity index (χ3v) is 3.49. The molecule has 0 saturated carbocycles. The van der Waals surface area contributed by atoms with Crippen molar-refractivity contribution in [3.8, 4) is 0 Å². The van der Waals surface area contributed by atoms with Gasteiger partial charge in [-0.25, -0.2) is 0 Å². The van der Waals surface area contributed by atoms with Crippen LogP contribution in [0.4, 0.5) is 0 Å². The third-order valence-electron chi connectivity index (χ3n) is 3.49. The van der Waals surface area contributed by atoms with E-state index in [9.17, 15) is 4.79 Å². The van der Waals surface area contributed by atoms with E-state index < -0.39 is 0 Å². The summed E-state index contributed by atoms with van der Waals surface area (Å²) in [6, 6.07) is 17.3. The molecule has 0 atom stereocenters. The number of hydrogen-bond acceptors (Lipinski definition) is 1. The zero-order chi connectivity index (χ0) is 15.3. The van der Waals surface area contributed by atoms with E-state index in [1.54, 1.807) is 0 Å². The molecule has 2 rings (SSSR count). The number of likely N-dealkylation sites (N-methyl/N-ethyl adjacent to an activating group) is 1. The van der Waals surface area contributed by atoms with Crippen LogP contribution in [0.1, 0.15) is 21.5 Å². The van der Waals surface area contributed by atoms with Crippen molar-refractivity contribution in [2.45, 2.75) is 6.54 Å². The molecule has 21 heavy (non-hydrogen) atoms. The van der Waals surface area contributed by atoms with Gasteiger partial charge >= 0.3 is 0 Å². The molecule has 0 aliphatic rings. The molecule has 0 aliphatic heterocycles. The lowest BCUT2D eigenvalue weighted by Crippen LogP contribution is -2.38. The first-order valence-corrected chi connectivity index (χ1v) is 7.13. The van der Waals surface area contributed by atoms with E-state index in [0.717, 1.165) is 28.7 Å². The molecule has 0 aliphatic carbocycles. The Balaban J connectivity index is 2.12. The lowest BCUT2D eigenvalue weighted by molar-refractivity contribution is -0.897. The van der Waals surface area contributed by atoms with Crippen molar-refractivity contribution in [1.29, 1.82) is 0 Å². The topological polar surface area (TPSA) is 17.1 Å². The maximum atomic E-state index is 12.3. The van der Waals surface area contributed by atoms with E-state index in [1.165, 1.54) is 5.56 Å². The Morgan fingerprint density at radius 2 is 1.57 bits per heavy atom. The number of benzene rings is 2. The summed E-state index contributed by atoms with van der Waals surface area (Å²) in [6.45, 7) is 5.64. The molecule has 0 heterocycles. The van der Waals surface area contributed by atoms with E-state index in [1.807, 2.05) is 60.7 Å². The number of ketones is 1. The van der Waals surface area contributed by atoms with Gasteiger partial charge in [-0.2, -0.15) is 0 Å². The van der Waals surface area contributed by atoms with E-state index in [4.69, 9.17) is 0 Å². The Bertz CT molecular complexity index is 612. The van der Waals surface area contributed by atoms with Crippen LogP contribution in [0.2, 0.25) is 0 Å². The zero-order valence-electron chi connectivity index (χ0n) is 12.8. The van der Waals surface area contributed by atoms with Crippen molar-refractivity contribution in [3.05, 3.63) is 83.9 Å². The fourth-order valence-electron chi connectivity index (χ4n) is 2.43. The van der Waals surface area contributed by atoms with Crippen LogP contribution in [-0.2, 0) is 6.54 Å². The van der Waals surface area contributed by atoms with Crippen LogP contribution in [0, 0.1) is 0 Å². The Labute approximate surface area is 126 Å². The summed E-state index contributed by atoms with van der Waals surface area (Å²) < 4.78 is 0.857. The van der Waals surface area contributed by atoms with E-state index in [2.05, 4.69) is 20.7 Å². The van der Waals surface area contributed by atoms with Crippen molar-refractivity contribution >= 4 is 5.78 Å². The van der Waals surface area contributed by atoms with Crippen LogP contribution in [0.25, 0.3) is 0 Å². The normalized spacial score (nSPS) is 11.1. The van der Waals surface area contributed by atoms with E-state index in [-0.39, 0.29) is 5.78 Å². The molecule has 0 fully saturated rings. The van der Waals surface area contributed by atoms with Crippen molar-refractivity contribution in [2.24, 2.45) is 0 Å². The average Bonchev–Trinajstić information content (AvgIpc) is 2.48. The summed E-state index contributed by atoms with van der Waals surface area (Å²) in [5, 5.41) is 0. The van der Waals surface area contributed by atoms with Gasteiger partial charge < -0.3 is 4.48 Å². The zero-order valence-corrected chi connectivity index (χ0v) is 12.8. The molecule has 0 bridgehead atoms. The first kappa shape index (κ1) is 15.2. The third kappa shape index (κ3) is 4.14. The Kier molecular flexibility index (Phi) is 4.71. The van der Waals surface area contributed by atoms with Crippen LogP contribution in [0.5, 0.6) is 0 Å². The molecule has 2 heteroatoms. The van der Waals surface area contributed by atoms with Crippen LogP contribution in [-0.4, -0.2) is 30.9 Å². The highest BCUT2D eigenvalue weighted by Crippen LogP contribution is 2.14. The highest BCUT2D eigenvalue weighted by Gasteiger charge is 2.14. The van der Waals surface area contributed by atoms with Gasteiger partial charge in [0.1, 0.15) is 6.54 Å². The van der Waals surface area contributed by atoms with Gasteiger partial charge in [0.05, 0.1) is 20.6 Å². The minimum absolute atomic E-state index is 0.0713. The minimum atomic E-state index is 0.0713. The summed E-state index contributed by atoms with van der Waals surface area (Å²) in [5.74, 6) is 0.0713. The SMILES string of the molecule is C=CC[N+](C)(C)Cc1ccc(C(=O)c2ccccc2)cc1. The number of carbonyl (C=O) groups is 1. The molecular weight excluding hydrogens is 258 g/mol. The molecule has 0 saturated heterocycles. The van der Waals surface area contributed by atoms with E-state index >= 15 is 0 Å². The van der Waals surface area contributed by atoms with Crippen LogP contribution in [0.3, 0.4) is 0 Å². The standard InChI is InChI=1S/C19H22NO/c1-4-14-20(2,3)15-16-10-12-18(13-11-16)19(21)17-8-6-5-7-9-17/h4-13H,1,14-15H2,2-3H3/q+1. The van der Waals surface area contributed by atoms with Gasteiger partial charge in [0.15, 0.2) is 5.78 Å². The minimum Gasteiger partial charge on any atom is -0.321 e. The summed E-state index contributed by atoms with van der Waals surface area (Å²) in [7, 11) is 4.34. The van der Waals surface area contributed by atoms with Crippen molar-refractivity contribution < 1.29 is 9.28 Å². The Hall–Kier alpha value is -2.19. The molecular formula is C19H22NO+. The van der Waals surface area contributed by atoms with Crippen LogP contribution < -0.4 is 0 Å². The van der Waals surface area contributed by atoms with Gasteiger partial charge in [-0.15, -0.1) is 0 Å². The largest absolute Gasteiger partial charge is 0.321 e. The summed E-state index contributed by atoms with van der Waals surface area (Å²) >= 11 is 0. The van der Waals surface area contributed by atoms with Crippen molar-refractivity contribution in [3.63, 3.8) is 0 Å². The number of carbonyl (C=O) groups excluding carboxylic acids is 1. The lowest BCUT2D eigenvalue weighted by Gasteiger charge is -2.28. The second-order valence-electron chi connectivity index (χ2n) is 5.96. The maximum Gasteiger partial charge on any atom is 0.193 e. The van der Waals surface area contributed by atoms with Crippen LogP contribution >= 0.6 is 0 Å². The highest BCUT2D eigenvalue weighted by molar-refractivity contribution is 6.08. The fraction of sp³-hybridized carbons (Fsp3) is 0.211. The number of hydrogen-bond donors (Lipinski definition) is 0. The second kappa shape index (κ2) is 6.51. The van der Waals surface area contributed by atoms with Gasteiger partial charge in [-0.05, 0) is 6.08 Å². The van der Waals surface area contributed by atoms with Gasteiger partial charge in [0.25, 0.3) is 0 Å². The predicted molar refractivity (Wildman–Crippen MR) is 87.2 cm³/mol. The van der Waals surface area contributed by atoms with Crippen molar-refractivity contribution in [2.75, 3.05) is 20.6 Å².